The molecule has 0 atom stereocenters. The molecule has 3 rings (SSSR count). The second-order valence-corrected chi connectivity index (χ2v) is 5.46. The summed E-state index contributed by atoms with van der Waals surface area (Å²) >= 11 is 0. The molecule has 2 heteroatoms. The van der Waals surface area contributed by atoms with E-state index in [1.165, 1.54) is 5.56 Å². The van der Waals surface area contributed by atoms with Crippen LogP contribution in [0.1, 0.15) is 37.2 Å². The Morgan fingerprint density at radius 2 is 1.48 bits per heavy atom. The predicted molar refractivity (Wildman–Crippen MR) is 83.4 cm³/mol. The van der Waals surface area contributed by atoms with Crippen LogP contribution in [0.25, 0.3) is 0 Å². The van der Waals surface area contributed by atoms with Gasteiger partial charge in [0, 0.05) is 5.57 Å². The summed E-state index contributed by atoms with van der Waals surface area (Å²) in [5.41, 5.74) is 2.27. The lowest BCUT2D eigenvalue weighted by molar-refractivity contribution is 0.480. The van der Waals surface area contributed by atoms with Crippen LogP contribution in [0.15, 0.2) is 60.2 Å². The molecule has 21 heavy (non-hydrogen) atoms. The van der Waals surface area contributed by atoms with Gasteiger partial charge < -0.3 is 4.74 Å². The Bertz CT molecular complexity index is 627. The quantitative estimate of drug-likeness (QED) is 0.747. The van der Waals surface area contributed by atoms with Gasteiger partial charge in [0.25, 0.3) is 0 Å². The van der Waals surface area contributed by atoms with Crippen LogP contribution in [0.2, 0.25) is 0 Å². The molecule has 2 nitrogen and oxygen atoms in total. The van der Waals surface area contributed by atoms with Crippen LogP contribution < -0.4 is 4.74 Å². The van der Waals surface area contributed by atoms with Crippen LogP contribution in [-0.4, -0.2) is 5.94 Å². The first-order valence-electron chi connectivity index (χ1n) is 7.41. The number of ether oxygens (including phenoxy) is 1. The fourth-order valence-electron chi connectivity index (χ4n) is 2.83. The first kappa shape index (κ1) is 13.7. The maximum atomic E-state index is 10.6. The smallest absolute Gasteiger partial charge is 0.127 e. The molecule has 1 saturated carbocycles. The Labute approximate surface area is 125 Å². The summed E-state index contributed by atoms with van der Waals surface area (Å²) in [6, 6.07) is 18.1. The Morgan fingerprint density at radius 1 is 0.857 bits per heavy atom. The minimum atomic E-state index is 0.549. The monoisotopic (exact) mass is 278 g/mol. The molecule has 1 aliphatic carbocycles. The lowest BCUT2D eigenvalue weighted by atomic mass is 9.82. The van der Waals surface area contributed by atoms with E-state index >= 15 is 0 Å². The molecule has 0 saturated heterocycles. The van der Waals surface area contributed by atoms with Crippen molar-refractivity contribution in [3.63, 3.8) is 0 Å². The molecule has 2 aromatic carbocycles. The molecule has 0 amide bonds. The van der Waals surface area contributed by atoms with Gasteiger partial charge in [-0.1, -0.05) is 30.3 Å². The molecule has 0 unspecified atom stereocenters. The van der Waals surface area contributed by atoms with Gasteiger partial charge in [-0.05, 0) is 61.4 Å². The van der Waals surface area contributed by atoms with E-state index in [0.717, 1.165) is 42.8 Å². The van der Waals surface area contributed by atoms with Crippen LogP contribution in [0.4, 0.5) is 0 Å². The summed E-state index contributed by atoms with van der Waals surface area (Å²) in [6.07, 6.45) is 3.86. The highest BCUT2D eigenvalue weighted by molar-refractivity contribution is 5.52. The van der Waals surface area contributed by atoms with Crippen molar-refractivity contribution < 1.29 is 9.53 Å². The van der Waals surface area contributed by atoms with E-state index in [0.29, 0.717) is 5.92 Å². The number of hydrogen-bond acceptors (Lipinski definition) is 2. The van der Waals surface area contributed by atoms with Crippen LogP contribution in [0.3, 0.4) is 0 Å². The van der Waals surface area contributed by atoms with Crippen molar-refractivity contribution in [2.24, 2.45) is 0 Å². The molecule has 1 fully saturated rings. The maximum absolute atomic E-state index is 10.6. The highest BCUT2D eigenvalue weighted by atomic mass is 16.5. The molecule has 0 radical (unpaired) electrons. The van der Waals surface area contributed by atoms with E-state index < -0.39 is 0 Å². The van der Waals surface area contributed by atoms with Gasteiger partial charge in [-0.2, -0.15) is 0 Å². The van der Waals surface area contributed by atoms with Gasteiger partial charge in [-0.3, -0.25) is 0 Å². The van der Waals surface area contributed by atoms with Crippen molar-refractivity contribution in [2.45, 2.75) is 31.6 Å². The molecule has 0 N–H and O–H groups in total. The van der Waals surface area contributed by atoms with Crippen LogP contribution in [0.5, 0.6) is 11.5 Å². The summed E-state index contributed by atoms with van der Waals surface area (Å²) in [6.45, 7) is 0. The average molecular weight is 278 g/mol. The van der Waals surface area contributed by atoms with Crippen LogP contribution in [-0.2, 0) is 4.79 Å². The van der Waals surface area contributed by atoms with Gasteiger partial charge in [0.1, 0.15) is 17.4 Å². The Kier molecular flexibility index (Phi) is 4.18. The minimum absolute atomic E-state index is 0.549. The van der Waals surface area contributed by atoms with Gasteiger partial charge in [-0.15, -0.1) is 0 Å². The molecule has 0 spiro atoms. The number of hydrogen-bond donors (Lipinski definition) is 0. The van der Waals surface area contributed by atoms with E-state index in [1.807, 2.05) is 42.5 Å². The molecule has 0 aliphatic heterocycles. The molecule has 0 bridgehead atoms. The second-order valence-electron chi connectivity index (χ2n) is 5.46. The number of allylic oxidation sites excluding steroid dienone is 1. The standard InChI is InChI=1S/C19H18O2/c20-14-15-6-8-16(9-7-15)17-10-12-19(13-11-17)21-18-4-2-1-3-5-18/h1-5,10-13,16H,6-9H2. The van der Waals surface area contributed by atoms with Gasteiger partial charge in [0.15, 0.2) is 0 Å². The Hall–Kier alpha value is -2.31. The van der Waals surface area contributed by atoms with Crippen molar-refractivity contribution in [2.75, 3.05) is 0 Å². The molecular weight excluding hydrogens is 260 g/mol. The predicted octanol–water partition coefficient (Wildman–Crippen LogP) is 4.89. The maximum Gasteiger partial charge on any atom is 0.127 e. The lowest BCUT2D eigenvalue weighted by Crippen LogP contribution is -2.06. The topological polar surface area (TPSA) is 26.3 Å². The average Bonchev–Trinajstić information content (AvgIpc) is 2.57. The Morgan fingerprint density at radius 3 is 2.10 bits per heavy atom. The van der Waals surface area contributed by atoms with Crippen LogP contribution in [0, 0.1) is 0 Å². The van der Waals surface area contributed by atoms with Crippen molar-refractivity contribution in [1.29, 1.82) is 0 Å². The number of rotatable bonds is 3. The van der Waals surface area contributed by atoms with Crippen molar-refractivity contribution in [3.8, 4) is 11.5 Å². The zero-order valence-corrected chi connectivity index (χ0v) is 11.9. The van der Waals surface area contributed by atoms with Crippen LogP contribution >= 0.6 is 0 Å². The minimum Gasteiger partial charge on any atom is -0.457 e. The van der Waals surface area contributed by atoms with E-state index in [9.17, 15) is 4.79 Å². The summed E-state index contributed by atoms with van der Waals surface area (Å²) in [5.74, 6) is 4.31. The van der Waals surface area contributed by atoms with E-state index in [2.05, 4.69) is 18.1 Å². The van der Waals surface area contributed by atoms with Crippen molar-refractivity contribution in [3.05, 3.63) is 65.7 Å². The van der Waals surface area contributed by atoms with Gasteiger partial charge in [0.05, 0.1) is 0 Å². The summed E-state index contributed by atoms with van der Waals surface area (Å²) in [7, 11) is 0. The third kappa shape index (κ3) is 3.42. The SMILES string of the molecule is O=C=C1CCC(c2ccc(Oc3ccccc3)cc2)CC1. The lowest BCUT2D eigenvalue weighted by Gasteiger charge is -2.22. The normalized spacial score (nSPS) is 18.1. The fraction of sp³-hybridized carbons (Fsp3) is 0.263. The highest BCUT2D eigenvalue weighted by Gasteiger charge is 2.18. The highest BCUT2D eigenvalue weighted by Crippen LogP contribution is 2.35. The first-order valence-corrected chi connectivity index (χ1v) is 7.41. The Balaban J connectivity index is 1.66. The third-order valence-corrected chi connectivity index (χ3v) is 4.06. The second kappa shape index (κ2) is 6.43. The molecule has 0 aromatic heterocycles. The summed E-state index contributed by atoms with van der Waals surface area (Å²) < 4.78 is 5.80. The van der Waals surface area contributed by atoms with Gasteiger partial charge in [0.2, 0.25) is 0 Å². The zero-order valence-electron chi connectivity index (χ0n) is 11.9. The molecule has 0 heterocycles. The first-order chi connectivity index (χ1) is 10.3. The summed E-state index contributed by atoms with van der Waals surface area (Å²) in [5, 5.41) is 0. The van der Waals surface area contributed by atoms with E-state index in [-0.39, 0.29) is 0 Å². The molecule has 1 aliphatic rings. The van der Waals surface area contributed by atoms with E-state index in [1.54, 1.807) is 0 Å². The zero-order chi connectivity index (χ0) is 14.5. The third-order valence-electron chi connectivity index (χ3n) is 4.06. The van der Waals surface area contributed by atoms with Gasteiger partial charge >= 0.3 is 0 Å². The molecule has 2 aromatic rings. The van der Waals surface area contributed by atoms with Crippen molar-refractivity contribution in [1.82, 2.24) is 0 Å². The number of carbonyl (C=O) groups excluding carboxylic acids is 1. The number of para-hydroxylation sites is 1. The largest absolute Gasteiger partial charge is 0.457 e. The van der Waals surface area contributed by atoms with Crippen molar-refractivity contribution >= 4 is 5.94 Å². The van der Waals surface area contributed by atoms with Gasteiger partial charge in [-0.25, -0.2) is 4.79 Å². The molecule has 106 valence electrons. The molecular formula is C19H18O2. The summed E-state index contributed by atoms with van der Waals surface area (Å²) in [4.78, 5) is 10.6. The number of benzene rings is 2. The fourth-order valence-corrected chi connectivity index (χ4v) is 2.83. The van der Waals surface area contributed by atoms with E-state index in [4.69, 9.17) is 4.74 Å².